The third-order valence-corrected chi connectivity index (χ3v) is 2.57. The van der Waals surface area contributed by atoms with Gasteiger partial charge >= 0.3 is 5.69 Å². The van der Waals surface area contributed by atoms with E-state index in [2.05, 4.69) is 4.98 Å². The van der Waals surface area contributed by atoms with Gasteiger partial charge in [-0.05, 0) is 30.7 Å². The lowest BCUT2D eigenvalue weighted by Gasteiger charge is -2.07. The Morgan fingerprint density at radius 3 is 2.70 bits per heavy atom. The Balaban J connectivity index is 2.28. The minimum atomic E-state index is -0.734. The van der Waals surface area contributed by atoms with E-state index in [1.165, 1.54) is 12.3 Å². The third-order valence-electron chi connectivity index (χ3n) is 2.57. The number of ether oxygens (including phenoxy) is 1. The van der Waals surface area contributed by atoms with Crippen LogP contribution in [0, 0.1) is 15.9 Å². The quantitative estimate of drug-likeness (QED) is 0.686. The Morgan fingerprint density at radius 2 is 2.15 bits per heavy atom. The van der Waals surface area contributed by atoms with Crippen molar-refractivity contribution < 1.29 is 19.2 Å². The summed E-state index contributed by atoms with van der Waals surface area (Å²) in [6.07, 6.45) is 0.728. The molecule has 6 nitrogen and oxygen atoms in total. The second-order valence-electron chi connectivity index (χ2n) is 4.08. The third kappa shape index (κ3) is 3.07. The highest BCUT2D eigenvalue weighted by Crippen LogP contribution is 2.31. The topological polar surface area (TPSA) is 85.5 Å². The molecule has 0 unspecified atom stereocenters. The van der Waals surface area contributed by atoms with E-state index in [1.54, 1.807) is 13.0 Å². The summed E-state index contributed by atoms with van der Waals surface area (Å²) in [5, 5.41) is 20.2. The minimum absolute atomic E-state index is 0.103. The second kappa shape index (κ2) is 5.62. The Labute approximate surface area is 113 Å². The first-order chi connectivity index (χ1) is 9.47. The van der Waals surface area contributed by atoms with E-state index in [9.17, 15) is 19.6 Å². The van der Waals surface area contributed by atoms with Crippen molar-refractivity contribution in [3.8, 4) is 11.6 Å². The number of nitrogens with zero attached hydrogens (tertiary/aromatic N) is 2. The van der Waals surface area contributed by atoms with Crippen LogP contribution in [0.25, 0.3) is 0 Å². The molecule has 1 atom stereocenters. The maximum absolute atomic E-state index is 13.0. The van der Waals surface area contributed by atoms with Crippen molar-refractivity contribution in [3.63, 3.8) is 0 Å². The highest BCUT2D eigenvalue weighted by atomic mass is 19.1. The van der Waals surface area contributed by atoms with Crippen LogP contribution in [0.15, 0.2) is 36.5 Å². The van der Waals surface area contributed by atoms with E-state index in [0.717, 1.165) is 18.2 Å². The molecule has 0 bridgehead atoms. The maximum atomic E-state index is 13.0. The van der Waals surface area contributed by atoms with E-state index in [-0.39, 0.29) is 11.6 Å². The van der Waals surface area contributed by atoms with Crippen molar-refractivity contribution in [2.24, 2.45) is 0 Å². The summed E-state index contributed by atoms with van der Waals surface area (Å²) in [7, 11) is 0. The first-order valence-electron chi connectivity index (χ1n) is 5.73. The van der Waals surface area contributed by atoms with Crippen LogP contribution < -0.4 is 4.74 Å². The lowest BCUT2D eigenvalue weighted by atomic mass is 10.2. The highest BCUT2D eigenvalue weighted by Gasteiger charge is 2.17. The van der Waals surface area contributed by atoms with Crippen LogP contribution in [0.4, 0.5) is 10.1 Å². The molecular weight excluding hydrogens is 267 g/mol. The van der Waals surface area contributed by atoms with Gasteiger partial charge in [-0.25, -0.2) is 9.37 Å². The fraction of sp³-hybridized carbons (Fsp3) is 0.154. The summed E-state index contributed by atoms with van der Waals surface area (Å²) in [6.45, 7) is 1.59. The molecule has 0 aliphatic rings. The molecule has 0 saturated carbocycles. The molecule has 2 aromatic rings. The van der Waals surface area contributed by atoms with E-state index in [0.29, 0.717) is 5.56 Å². The lowest BCUT2D eigenvalue weighted by molar-refractivity contribution is -0.385. The minimum Gasteiger partial charge on any atom is -0.432 e. The van der Waals surface area contributed by atoms with Crippen LogP contribution in [0.3, 0.4) is 0 Å². The Bertz CT molecular complexity index is 629. The van der Waals surface area contributed by atoms with Gasteiger partial charge in [0.1, 0.15) is 5.82 Å². The van der Waals surface area contributed by atoms with Crippen molar-refractivity contribution in [1.29, 1.82) is 0 Å². The number of hydrogen-bond donors (Lipinski definition) is 1. The number of aliphatic hydroxyl groups excluding tert-OH is 1. The number of hydrogen-bond acceptors (Lipinski definition) is 5. The molecule has 0 saturated heterocycles. The number of aliphatic hydroxyl groups is 1. The number of benzene rings is 1. The van der Waals surface area contributed by atoms with Gasteiger partial charge in [-0.3, -0.25) is 10.1 Å². The first-order valence-corrected chi connectivity index (χ1v) is 5.73. The van der Waals surface area contributed by atoms with Gasteiger partial charge in [0.05, 0.1) is 17.1 Å². The second-order valence-corrected chi connectivity index (χ2v) is 4.08. The predicted molar refractivity (Wildman–Crippen MR) is 68.0 cm³/mol. The molecule has 0 aliphatic carbocycles. The van der Waals surface area contributed by atoms with Crippen LogP contribution >= 0.6 is 0 Å². The molecule has 7 heteroatoms. The molecule has 0 fully saturated rings. The Morgan fingerprint density at radius 1 is 1.40 bits per heavy atom. The molecule has 2 rings (SSSR count). The number of halogens is 1. The zero-order valence-corrected chi connectivity index (χ0v) is 10.5. The molecule has 0 radical (unpaired) electrons. The highest BCUT2D eigenvalue weighted by molar-refractivity contribution is 5.47. The van der Waals surface area contributed by atoms with Gasteiger partial charge < -0.3 is 9.84 Å². The van der Waals surface area contributed by atoms with Crippen LogP contribution in [0.2, 0.25) is 0 Å². The molecular formula is C13H11FN2O4. The SMILES string of the molecule is C[C@H](O)c1ccc(Oc2ccc(F)cc2[N+](=O)[O-])nc1. The summed E-state index contributed by atoms with van der Waals surface area (Å²) in [4.78, 5) is 14.0. The number of rotatable bonds is 4. The zero-order chi connectivity index (χ0) is 14.7. The Hall–Kier alpha value is -2.54. The van der Waals surface area contributed by atoms with Crippen molar-refractivity contribution in [2.45, 2.75) is 13.0 Å². The van der Waals surface area contributed by atoms with E-state index in [1.807, 2.05) is 0 Å². The standard InChI is InChI=1S/C13H11FN2O4/c1-8(17)9-2-5-13(15-7-9)20-12-4-3-10(14)6-11(12)16(18)19/h2-8,17H,1H3/t8-/m0/s1. The predicted octanol–water partition coefficient (Wildman–Crippen LogP) is 2.97. The van der Waals surface area contributed by atoms with Crippen molar-refractivity contribution in [2.75, 3.05) is 0 Å². The van der Waals surface area contributed by atoms with Gasteiger partial charge in [0.25, 0.3) is 0 Å². The van der Waals surface area contributed by atoms with Crippen LogP contribution in [0.5, 0.6) is 11.6 Å². The number of pyridine rings is 1. The van der Waals surface area contributed by atoms with E-state index < -0.39 is 22.5 Å². The fourth-order valence-electron chi connectivity index (χ4n) is 1.53. The molecule has 0 amide bonds. The monoisotopic (exact) mass is 278 g/mol. The average molecular weight is 278 g/mol. The zero-order valence-electron chi connectivity index (χ0n) is 10.5. The molecule has 20 heavy (non-hydrogen) atoms. The van der Waals surface area contributed by atoms with Crippen molar-refractivity contribution in [1.82, 2.24) is 4.98 Å². The molecule has 1 N–H and O–H groups in total. The van der Waals surface area contributed by atoms with Gasteiger partial charge in [-0.1, -0.05) is 0 Å². The van der Waals surface area contributed by atoms with Crippen LogP contribution in [-0.4, -0.2) is 15.0 Å². The molecule has 1 aromatic carbocycles. The molecule has 1 aromatic heterocycles. The first kappa shape index (κ1) is 13.9. The van der Waals surface area contributed by atoms with Crippen molar-refractivity contribution in [3.05, 3.63) is 58.0 Å². The summed E-state index contributed by atoms with van der Waals surface area (Å²) in [6, 6.07) is 6.06. The van der Waals surface area contributed by atoms with Crippen molar-refractivity contribution >= 4 is 5.69 Å². The maximum Gasteiger partial charge on any atom is 0.314 e. The summed E-state index contributed by atoms with van der Waals surface area (Å²) in [5.41, 5.74) is 0.109. The van der Waals surface area contributed by atoms with Gasteiger partial charge in [0.2, 0.25) is 11.6 Å². The number of aromatic nitrogens is 1. The summed E-state index contributed by atoms with van der Waals surface area (Å²) in [5.74, 6) is -0.709. The lowest BCUT2D eigenvalue weighted by Crippen LogP contribution is -1.97. The van der Waals surface area contributed by atoms with Crippen LogP contribution in [-0.2, 0) is 0 Å². The van der Waals surface area contributed by atoms with E-state index in [4.69, 9.17) is 4.74 Å². The fourth-order valence-corrected chi connectivity index (χ4v) is 1.53. The Kier molecular flexibility index (Phi) is 3.90. The molecule has 104 valence electrons. The molecule has 0 aliphatic heterocycles. The largest absolute Gasteiger partial charge is 0.432 e. The number of nitro groups is 1. The molecule has 0 spiro atoms. The van der Waals surface area contributed by atoms with Gasteiger partial charge in [0, 0.05) is 12.3 Å². The average Bonchev–Trinajstić information content (AvgIpc) is 2.41. The smallest absolute Gasteiger partial charge is 0.314 e. The van der Waals surface area contributed by atoms with Gasteiger partial charge in [-0.2, -0.15) is 0 Å². The van der Waals surface area contributed by atoms with E-state index >= 15 is 0 Å². The van der Waals surface area contributed by atoms with Gasteiger partial charge in [-0.15, -0.1) is 0 Å². The summed E-state index contributed by atoms with van der Waals surface area (Å²) >= 11 is 0. The normalized spacial score (nSPS) is 11.9. The molecule has 1 heterocycles. The van der Waals surface area contributed by atoms with Crippen LogP contribution in [0.1, 0.15) is 18.6 Å². The van der Waals surface area contributed by atoms with Gasteiger partial charge in [0.15, 0.2) is 0 Å². The summed E-state index contributed by atoms with van der Waals surface area (Å²) < 4.78 is 18.2. The number of nitro benzene ring substituents is 1.